The van der Waals surface area contributed by atoms with E-state index in [-0.39, 0.29) is 6.10 Å². The van der Waals surface area contributed by atoms with E-state index >= 15 is 0 Å². The van der Waals surface area contributed by atoms with Crippen LogP contribution in [-0.4, -0.2) is 18.2 Å². The number of benzene rings is 1. The second kappa shape index (κ2) is 4.31. The van der Waals surface area contributed by atoms with Gasteiger partial charge in [0.05, 0.1) is 6.10 Å². The zero-order valence-electron chi connectivity index (χ0n) is 7.50. The summed E-state index contributed by atoms with van der Waals surface area (Å²) in [6.45, 7) is 1.82. The topological polar surface area (TPSA) is 32.3 Å². The summed E-state index contributed by atoms with van der Waals surface area (Å²) in [6.07, 6.45) is -0.356. The molecular weight excluding hydrogens is 310 g/mol. The second-order valence-electron chi connectivity index (χ2n) is 3.57. The van der Waals surface area contributed by atoms with Gasteiger partial charge in [-0.2, -0.15) is 0 Å². The van der Waals surface area contributed by atoms with E-state index in [0.29, 0.717) is 5.92 Å². The maximum atomic E-state index is 10.0. The Kier molecular flexibility index (Phi) is 3.27. The SMILES string of the molecule is OC(c1cc(Br)cc(Br)c1)C1CNC1. The van der Waals surface area contributed by atoms with E-state index in [2.05, 4.69) is 37.2 Å². The van der Waals surface area contributed by atoms with Crippen molar-refractivity contribution in [2.75, 3.05) is 13.1 Å². The fourth-order valence-corrected chi connectivity index (χ4v) is 2.88. The van der Waals surface area contributed by atoms with E-state index in [1.165, 1.54) is 0 Å². The molecule has 0 spiro atoms. The monoisotopic (exact) mass is 319 g/mol. The van der Waals surface area contributed by atoms with Gasteiger partial charge in [-0.1, -0.05) is 31.9 Å². The van der Waals surface area contributed by atoms with Gasteiger partial charge in [0.1, 0.15) is 0 Å². The summed E-state index contributed by atoms with van der Waals surface area (Å²) in [5, 5.41) is 13.2. The first-order chi connectivity index (χ1) is 6.66. The van der Waals surface area contributed by atoms with Crippen LogP contribution in [0.3, 0.4) is 0 Å². The third-order valence-electron chi connectivity index (χ3n) is 2.49. The molecule has 1 unspecified atom stereocenters. The number of hydrogen-bond acceptors (Lipinski definition) is 2. The van der Waals surface area contributed by atoms with Gasteiger partial charge in [0.25, 0.3) is 0 Å². The minimum absolute atomic E-state index is 0.356. The normalized spacial score (nSPS) is 19.1. The molecule has 2 N–H and O–H groups in total. The summed E-state index contributed by atoms with van der Waals surface area (Å²) in [6, 6.07) is 5.90. The van der Waals surface area contributed by atoms with Crippen LogP contribution in [0.2, 0.25) is 0 Å². The van der Waals surface area contributed by atoms with Crippen molar-refractivity contribution < 1.29 is 5.11 Å². The Hall–Kier alpha value is 0.1000. The first kappa shape index (κ1) is 10.6. The Labute approximate surface area is 100.0 Å². The molecule has 2 nitrogen and oxygen atoms in total. The van der Waals surface area contributed by atoms with Crippen molar-refractivity contribution in [2.45, 2.75) is 6.10 Å². The highest BCUT2D eigenvalue weighted by molar-refractivity contribution is 9.11. The first-order valence-corrected chi connectivity index (χ1v) is 6.10. The Bertz CT molecular complexity index is 319. The summed E-state index contributed by atoms with van der Waals surface area (Å²) in [4.78, 5) is 0. The molecule has 76 valence electrons. The molecule has 1 atom stereocenters. The standard InChI is InChI=1S/C10H11Br2NO/c11-8-1-6(2-9(12)3-8)10(14)7-4-13-5-7/h1-3,7,10,13-14H,4-5H2. The highest BCUT2D eigenvalue weighted by Crippen LogP contribution is 2.29. The molecule has 1 heterocycles. The molecule has 1 saturated heterocycles. The van der Waals surface area contributed by atoms with Gasteiger partial charge in [-0.25, -0.2) is 0 Å². The van der Waals surface area contributed by atoms with Crippen molar-refractivity contribution in [1.29, 1.82) is 0 Å². The lowest BCUT2D eigenvalue weighted by Gasteiger charge is -2.31. The average molecular weight is 321 g/mol. The fourth-order valence-electron chi connectivity index (χ4n) is 1.55. The van der Waals surface area contributed by atoms with Gasteiger partial charge in [0, 0.05) is 28.0 Å². The molecule has 0 bridgehead atoms. The average Bonchev–Trinajstić information content (AvgIpc) is 1.98. The highest BCUT2D eigenvalue weighted by Gasteiger charge is 2.26. The van der Waals surface area contributed by atoms with Crippen LogP contribution in [-0.2, 0) is 0 Å². The third kappa shape index (κ3) is 2.19. The molecule has 1 aliphatic rings. The van der Waals surface area contributed by atoms with Crippen molar-refractivity contribution in [3.63, 3.8) is 0 Å². The minimum Gasteiger partial charge on any atom is -0.388 e. The molecule has 0 amide bonds. The van der Waals surface area contributed by atoms with Crippen LogP contribution < -0.4 is 5.32 Å². The highest BCUT2D eigenvalue weighted by atomic mass is 79.9. The van der Waals surface area contributed by atoms with E-state index in [0.717, 1.165) is 27.6 Å². The van der Waals surface area contributed by atoms with E-state index in [1.807, 2.05) is 18.2 Å². The number of aliphatic hydroxyl groups excluding tert-OH is 1. The van der Waals surface area contributed by atoms with Crippen molar-refractivity contribution in [2.24, 2.45) is 5.92 Å². The van der Waals surface area contributed by atoms with Crippen molar-refractivity contribution >= 4 is 31.9 Å². The Morgan fingerprint density at radius 2 is 1.79 bits per heavy atom. The van der Waals surface area contributed by atoms with Crippen LogP contribution in [0.15, 0.2) is 27.1 Å². The summed E-state index contributed by atoms with van der Waals surface area (Å²) < 4.78 is 1.99. The zero-order chi connectivity index (χ0) is 10.1. The van der Waals surface area contributed by atoms with Gasteiger partial charge < -0.3 is 10.4 Å². The maximum absolute atomic E-state index is 10.0. The van der Waals surface area contributed by atoms with Gasteiger partial charge in [-0.05, 0) is 23.8 Å². The molecule has 0 aromatic heterocycles. The first-order valence-electron chi connectivity index (χ1n) is 4.51. The summed E-state index contributed by atoms with van der Waals surface area (Å²) in [7, 11) is 0. The molecule has 4 heteroatoms. The lowest BCUT2D eigenvalue weighted by molar-refractivity contribution is 0.0766. The Morgan fingerprint density at radius 1 is 1.21 bits per heavy atom. The molecule has 14 heavy (non-hydrogen) atoms. The van der Waals surface area contributed by atoms with Crippen LogP contribution in [0.25, 0.3) is 0 Å². The van der Waals surface area contributed by atoms with Crippen molar-refractivity contribution in [1.82, 2.24) is 5.32 Å². The Morgan fingerprint density at radius 3 is 2.21 bits per heavy atom. The summed E-state index contributed by atoms with van der Waals surface area (Å²) in [5.41, 5.74) is 0.970. The molecule has 1 aromatic carbocycles. The van der Waals surface area contributed by atoms with E-state index < -0.39 is 0 Å². The van der Waals surface area contributed by atoms with Crippen LogP contribution in [0.5, 0.6) is 0 Å². The van der Waals surface area contributed by atoms with Gasteiger partial charge >= 0.3 is 0 Å². The largest absolute Gasteiger partial charge is 0.388 e. The zero-order valence-corrected chi connectivity index (χ0v) is 10.7. The van der Waals surface area contributed by atoms with E-state index in [9.17, 15) is 5.11 Å². The fraction of sp³-hybridized carbons (Fsp3) is 0.400. The van der Waals surface area contributed by atoms with E-state index in [1.54, 1.807) is 0 Å². The van der Waals surface area contributed by atoms with Gasteiger partial charge in [-0.15, -0.1) is 0 Å². The molecule has 0 radical (unpaired) electrons. The van der Waals surface area contributed by atoms with Crippen LogP contribution >= 0.6 is 31.9 Å². The smallest absolute Gasteiger partial charge is 0.0843 e. The number of nitrogens with one attached hydrogen (secondary N) is 1. The van der Waals surface area contributed by atoms with Gasteiger partial charge in [0.2, 0.25) is 0 Å². The summed E-state index contributed by atoms with van der Waals surface area (Å²) >= 11 is 6.83. The molecule has 1 fully saturated rings. The third-order valence-corrected chi connectivity index (χ3v) is 3.40. The quantitative estimate of drug-likeness (QED) is 0.877. The van der Waals surface area contributed by atoms with Crippen LogP contribution in [0.4, 0.5) is 0 Å². The minimum atomic E-state index is -0.356. The second-order valence-corrected chi connectivity index (χ2v) is 5.40. The van der Waals surface area contributed by atoms with Crippen LogP contribution in [0.1, 0.15) is 11.7 Å². The van der Waals surface area contributed by atoms with Crippen molar-refractivity contribution in [3.05, 3.63) is 32.7 Å². The number of rotatable bonds is 2. The maximum Gasteiger partial charge on any atom is 0.0843 e. The van der Waals surface area contributed by atoms with E-state index in [4.69, 9.17) is 0 Å². The molecule has 2 rings (SSSR count). The molecule has 1 aliphatic heterocycles. The van der Waals surface area contributed by atoms with Gasteiger partial charge in [0.15, 0.2) is 0 Å². The Balaban J connectivity index is 2.21. The lowest BCUT2D eigenvalue weighted by Crippen LogP contribution is -2.45. The number of hydrogen-bond donors (Lipinski definition) is 2. The van der Waals surface area contributed by atoms with Crippen LogP contribution in [0, 0.1) is 5.92 Å². The number of halogens is 2. The molecule has 0 aliphatic carbocycles. The van der Waals surface area contributed by atoms with Crippen molar-refractivity contribution in [3.8, 4) is 0 Å². The number of aliphatic hydroxyl groups is 1. The van der Waals surface area contributed by atoms with Gasteiger partial charge in [-0.3, -0.25) is 0 Å². The predicted molar refractivity (Wildman–Crippen MR) is 63.2 cm³/mol. The summed E-state index contributed by atoms with van der Waals surface area (Å²) in [5.74, 6) is 0.358. The molecular formula is C10H11Br2NO. The molecule has 1 aromatic rings. The molecule has 0 saturated carbocycles. The lowest BCUT2D eigenvalue weighted by atomic mass is 9.91. The predicted octanol–water partition coefficient (Wildman–Crippen LogP) is 2.46.